The summed E-state index contributed by atoms with van der Waals surface area (Å²) in [5, 5.41) is 0. The van der Waals surface area contributed by atoms with E-state index in [9.17, 15) is 31.2 Å². The van der Waals surface area contributed by atoms with Crippen LogP contribution in [0.5, 0.6) is 0 Å². The average molecular weight is 392 g/mol. The van der Waals surface area contributed by atoms with E-state index in [-0.39, 0.29) is 12.3 Å². The first-order chi connectivity index (χ1) is 12.1. The summed E-state index contributed by atoms with van der Waals surface area (Å²) < 4.78 is 64.0. The first kappa shape index (κ1) is 20.2. The standard InChI is InChI=1S/C16H19F3N2O4S/c1-2-4-14(22)21-10-3-5-13(21)15(23)20-26(24,25)12-8-6-11(7-9-12)16(17,18)19/h6-9,13H,2-5,10H2,1H3,(H,20,23). The largest absolute Gasteiger partial charge is 0.416 e. The molecule has 0 radical (unpaired) electrons. The van der Waals surface area contributed by atoms with Gasteiger partial charge < -0.3 is 4.90 Å². The maximum atomic E-state index is 12.6. The van der Waals surface area contributed by atoms with Gasteiger partial charge in [-0.05, 0) is 43.5 Å². The van der Waals surface area contributed by atoms with Crippen molar-refractivity contribution in [2.45, 2.75) is 49.7 Å². The summed E-state index contributed by atoms with van der Waals surface area (Å²) in [6.45, 7) is 2.19. The Bertz CT molecular complexity index is 776. The normalized spacial score (nSPS) is 18.0. The van der Waals surface area contributed by atoms with E-state index in [2.05, 4.69) is 0 Å². The Hall–Kier alpha value is -2.10. The van der Waals surface area contributed by atoms with E-state index in [1.54, 1.807) is 0 Å². The Balaban J connectivity index is 2.13. The van der Waals surface area contributed by atoms with Crippen molar-refractivity contribution in [3.8, 4) is 0 Å². The van der Waals surface area contributed by atoms with Crippen LogP contribution in [-0.4, -0.2) is 37.7 Å². The van der Waals surface area contributed by atoms with Crippen molar-refractivity contribution in [2.75, 3.05) is 6.54 Å². The van der Waals surface area contributed by atoms with Gasteiger partial charge in [0.25, 0.3) is 15.9 Å². The molecule has 1 atom stereocenters. The number of carbonyl (C=O) groups is 2. The molecular weight excluding hydrogens is 373 g/mol. The summed E-state index contributed by atoms with van der Waals surface area (Å²) in [5.41, 5.74) is -0.991. The fourth-order valence-corrected chi connectivity index (χ4v) is 3.79. The minimum atomic E-state index is -4.59. The van der Waals surface area contributed by atoms with Crippen molar-refractivity contribution in [3.05, 3.63) is 29.8 Å². The van der Waals surface area contributed by atoms with Crippen LogP contribution < -0.4 is 4.72 Å². The van der Waals surface area contributed by atoms with E-state index in [0.717, 1.165) is 12.1 Å². The number of likely N-dealkylation sites (tertiary alicyclic amines) is 1. The molecule has 6 nitrogen and oxygen atoms in total. The van der Waals surface area contributed by atoms with Gasteiger partial charge in [0.2, 0.25) is 5.91 Å². The lowest BCUT2D eigenvalue weighted by Gasteiger charge is -2.23. The second-order valence-corrected chi connectivity index (χ2v) is 7.67. The number of hydrogen-bond acceptors (Lipinski definition) is 4. The lowest BCUT2D eigenvalue weighted by Crippen LogP contribution is -2.47. The summed E-state index contributed by atoms with van der Waals surface area (Å²) >= 11 is 0. The zero-order valence-electron chi connectivity index (χ0n) is 14.0. The van der Waals surface area contributed by atoms with Crippen molar-refractivity contribution >= 4 is 21.8 Å². The zero-order chi connectivity index (χ0) is 19.5. The maximum Gasteiger partial charge on any atom is 0.416 e. The minimum absolute atomic E-state index is 0.225. The van der Waals surface area contributed by atoms with Crippen LogP contribution in [0.3, 0.4) is 0 Å². The van der Waals surface area contributed by atoms with Gasteiger partial charge >= 0.3 is 6.18 Å². The summed E-state index contributed by atoms with van der Waals surface area (Å²) in [4.78, 5) is 25.2. The number of nitrogens with zero attached hydrogens (tertiary/aromatic N) is 1. The lowest BCUT2D eigenvalue weighted by atomic mass is 10.2. The molecule has 144 valence electrons. The van der Waals surface area contributed by atoms with Gasteiger partial charge in [0.05, 0.1) is 10.5 Å². The Morgan fingerprint density at radius 3 is 2.38 bits per heavy atom. The van der Waals surface area contributed by atoms with Gasteiger partial charge in [-0.15, -0.1) is 0 Å². The molecular formula is C16H19F3N2O4S. The molecule has 0 bridgehead atoms. The molecule has 2 amide bonds. The Morgan fingerprint density at radius 2 is 1.85 bits per heavy atom. The van der Waals surface area contributed by atoms with E-state index in [1.165, 1.54) is 4.90 Å². The Kier molecular flexibility index (Phi) is 5.94. The zero-order valence-corrected chi connectivity index (χ0v) is 14.9. The van der Waals surface area contributed by atoms with Crippen LogP contribution >= 0.6 is 0 Å². The first-order valence-corrected chi connectivity index (χ1v) is 9.58. The highest BCUT2D eigenvalue weighted by molar-refractivity contribution is 7.90. The third-order valence-corrected chi connectivity index (χ3v) is 5.43. The molecule has 1 aromatic rings. The van der Waals surface area contributed by atoms with Crippen molar-refractivity contribution in [2.24, 2.45) is 0 Å². The molecule has 1 saturated heterocycles. The third kappa shape index (κ3) is 4.54. The van der Waals surface area contributed by atoms with Crippen molar-refractivity contribution in [1.29, 1.82) is 0 Å². The number of sulfonamides is 1. The number of rotatable bonds is 5. The molecule has 0 spiro atoms. The number of benzene rings is 1. The second kappa shape index (κ2) is 7.65. The average Bonchev–Trinajstić information content (AvgIpc) is 3.04. The quantitative estimate of drug-likeness (QED) is 0.834. The van der Waals surface area contributed by atoms with Gasteiger partial charge in [0.15, 0.2) is 0 Å². The number of hydrogen-bond donors (Lipinski definition) is 1. The number of carbonyl (C=O) groups excluding carboxylic acids is 2. The monoisotopic (exact) mass is 392 g/mol. The van der Waals surface area contributed by atoms with E-state index >= 15 is 0 Å². The van der Waals surface area contributed by atoms with Crippen LogP contribution in [-0.2, 0) is 25.8 Å². The fourth-order valence-electron chi connectivity index (χ4n) is 2.78. The van der Waals surface area contributed by atoms with Crippen molar-refractivity contribution < 1.29 is 31.2 Å². The van der Waals surface area contributed by atoms with Crippen LogP contribution in [0.4, 0.5) is 13.2 Å². The molecule has 1 heterocycles. The number of amides is 2. The van der Waals surface area contributed by atoms with Crippen molar-refractivity contribution in [3.63, 3.8) is 0 Å². The topological polar surface area (TPSA) is 83.6 Å². The van der Waals surface area contributed by atoms with E-state index in [0.29, 0.717) is 37.9 Å². The summed E-state index contributed by atoms with van der Waals surface area (Å²) in [6.07, 6.45) is -2.81. The van der Waals surface area contributed by atoms with Crippen LogP contribution in [0, 0.1) is 0 Å². The van der Waals surface area contributed by atoms with Crippen LogP contribution in [0.2, 0.25) is 0 Å². The fraction of sp³-hybridized carbons (Fsp3) is 0.500. The number of halogens is 3. The van der Waals surface area contributed by atoms with Gasteiger partial charge in [-0.25, -0.2) is 13.1 Å². The molecule has 1 aliphatic rings. The van der Waals surface area contributed by atoms with E-state index in [1.807, 2.05) is 11.6 Å². The molecule has 2 rings (SSSR count). The summed E-state index contributed by atoms with van der Waals surface area (Å²) in [6, 6.07) is 1.94. The molecule has 0 saturated carbocycles. The lowest BCUT2D eigenvalue weighted by molar-refractivity contribution is -0.137. The molecule has 0 aromatic heterocycles. The van der Waals surface area contributed by atoms with Gasteiger partial charge in [-0.3, -0.25) is 9.59 Å². The number of nitrogens with one attached hydrogen (secondary N) is 1. The SMILES string of the molecule is CCCC(=O)N1CCCC1C(=O)NS(=O)(=O)c1ccc(C(F)(F)F)cc1. The molecule has 0 aliphatic carbocycles. The first-order valence-electron chi connectivity index (χ1n) is 8.09. The Morgan fingerprint density at radius 1 is 1.23 bits per heavy atom. The molecule has 1 fully saturated rings. The highest BCUT2D eigenvalue weighted by Gasteiger charge is 2.36. The number of alkyl halides is 3. The predicted molar refractivity (Wildman–Crippen MR) is 86.4 cm³/mol. The summed E-state index contributed by atoms with van der Waals surface area (Å²) in [7, 11) is -4.33. The molecule has 26 heavy (non-hydrogen) atoms. The molecule has 1 aliphatic heterocycles. The van der Waals surface area contributed by atoms with Crippen LogP contribution in [0.15, 0.2) is 29.2 Å². The van der Waals surface area contributed by atoms with E-state index < -0.39 is 38.6 Å². The smallest absolute Gasteiger partial charge is 0.331 e. The maximum absolute atomic E-state index is 12.6. The Labute approximate surface area is 149 Å². The van der Waals surface area contributed by atoms with Crippen molar-refractivity contribution in [1.82, 2.24) is 9.62 Å². The predicted octanol–water partition coefficient (Wildman–Crippen LogP) is 2.30. The van der Waals surface area contributed by atoms with E-state index in [4.69, 9.17) is 0 Å². The second-order valence-electron chi connectivity index (χ2n) is 5.99. The molecule has 1 aromatic carbocycles. The highest BCUT2D eigenvalue weighted by atomic mass is 32.2. The van der Waals surface area contributed by atoms with Crippen LogP contribution in [0.25, 0.3) is 0 Å². The van der Waals surface area contributed by atoms with Gasteiger partial charge in [0.1, 0.15) is 6.04 Å². The minimum Gasteiger partial charge on any atom is -0.331 e. The van der Waals surface area contributed by atoms with Gasteiger partial charge in [0, 0.05) is 13.0 Å². The summed E-state index contributed by atoms with van der Waals surface area (Å²) in [5.74, 6) is -1.08. The molecule has 10 heteroatoms. The third-order valence-electron chi connectivity index (χ3n) is 4.07. The van der Waals surface area contributed by atoms with Gasteiger partial charge in [-0.1, -0.05) is 6.92 Å². The van der Waals surface area contributed by atoms with Crippen LogP contribution in [0.1, 0.15) is 38.2 Å². The highest BCUT2D eigenvalue weighted by Crippen LogP contribution is 2.29. The molecule has 1 N–H and O–H groups in total. The van der Waals surface area contributed by atoms with Gasteiger partial charge in [-0.2, -0.15) is 13.2 Å². The molecule has 1 unspecified atom stereocenters.